The van der Waals surface area contributed by atoms with Gasteiger partial charge in [-0.25, -0.2) is 4.98 Å². The second-order valence-corrected chi connectivity index (χ2v) is 7.15. The Morgan fingerprint density at radius 1 is 1.22 bits per heavy atom. The van der Waals surface area contributed by atoms with Crippen LogP contribution in [0.1, 0.15) is 24.6 Å². The number of rotatable bonds is 4. The lowest BCUT2D eigenvalue weighted by Gasteiger charge is -2.44. The number of likely N-dealkylation sites (N-methyl/N-ethyl adjacent to an activating group) is 1. The van der Waals surface area contributed by atoms with Crippen LogP contribution in [-0.2, 0) is 0 Å². The minimum Gasteiger partial charge on any atom is -0.351 e. The number of hydrogen-bond acceptors (Lipinski definition) is 7. The molecule has 23 heavy (non-hydrogen) atoms. The third-order valence-corrected chi connectivity index (χ3v) is 5.53. The molecule has 8 heteroatoms. The van der Waals surface area contributed by atoms with E-state index < -0.39 is 0 Å². The third-order valence-electron chi connectivity index (χ3n) is 4.67. The van der Waals surface area contributed by atoms with Gasteiger partial charge < -0.3 is 9.80 Å². The van der Waals surface area contributed by atoms with Gasteiger partial charge in [0.15, 0.2) is 16.6 Å². The van der Waals surface area contributed by atoms with Gasteiger partial charge in [0.1, 0.15) is 5.82 Å². The van der Waals surface area contributed by atoms with Crippen molar-refractivity contribution in [2.24, 2.45) is 0 Å². The Labute approximate surface area is 137 Å². The second kappa shape index (κ2) is 4.89. The standard InChI is InChI=1S/C15H17N7S/c1-20(15-16-6-7-23-15)11-8-21(9-11)13-5-4-12-17-18-14(10-2-3-10)22(12)19-13/h4-7,10-11H,2-3,8-9H2,1H3. The highest BCUT2D eigenvalue weighted by molar-refractivity contribution is 7.13. The Morgan fingerprint density at radius 3 is 2.83 bits per heavy atom. The summed E-state index contributed by atoms with van der Waals surface area (Å²) in [6.45, 7) is 1.94. The molecule has 0 aromatic carbocycles. The number of hydrogen-bond donors (Lipinski definition) is 0. The minimum absolute atomic E-state index is 0.488. The normalized spacial score (nSPS) is 18.4. The Kier molecular flexibility index (Phi) is 2.81. The molecule has 0 radical (unpaired) electrons. The summed E-state index contributed by atoms with van der Waals surface area (Å²) in [5.41, 5.74) is 0.840. The van der Waals surface area contributed by atoms with E-state index in [9.17, 15) is 0 Å². The van der Waals surface area contributed by atoms with Gasteiger partial charge in [-0.3, -0.25) is 0 Å². The van der Waals surface area contributed by atoms with Gasteiger partial charge in [-0.1, -0.05) is 0 Å². The molecule has 7 nitrogen and oxygen atoms in total. The van der Waals surface area contributed by atoms with Gasteiger partial charge in [0.05, 0.1) is 6.04 Å². The van der Waals surface area contributed by atoms with Crippen molar-refractivity contribution in [2.45, 2.75) is 24.8 Å². The van der Waals surface area contributed by atoms with E-state index in [1.165, 1.54) is 12.8 Å². The van der Waals surface area contributed by atoms with E-state index in [1.807, 2.05) is 28.2 Å². The van der Waals surface area contributed by atoms with Crippen molar-refractivity contribution in [3.05, 3.63) is 29.5 Å². The predicted octanol–water partition coefficient (Wildman–Crippen LogP) is 1.78. The smallest absolute Gasteiger partial charge is 0.185 e. The van der Waals surface area contributed by atoms with E-state index in [2.05, 4.69) is 32.0 Å². The lowest BCUT2D eigenvalue weighted by Crippen LogP contribution is -2.59. The Hall–Kier alpha value is -2.22. The molecule has 1 aliphatic heterocycles. The first-order valence-corrected chi connectivity index (χ1v) is 8.77. The van der Waals surface area contributed by atoms with Gasteiger partial charge in [-0.2, -0.15) is 4.52 Å². The van der Waals surface area contributed by atoms with E-state index >= 15 is 0 Å². The van der Waals surface area contributed by atoms with Crippen LogP contribution in [0.15, 0.2) is 23.7 Å². The minimum atomic E-state index is 0.488. The monoisotopic (exact) mass is 327 g/mol. The maximum absolute atomic E-state index is 4.76. The van der Waals surface area contributed by atoms with E-state index in [-0.39, 0.29) is 0 Å². The fourth-order valence-electron chi connectivity index (χ4n) is 2.99. The molecule has 2 fully saturated rings. The Balaban J connectivity index is 1.35. The lowest BCUT2D eigenvalue weighted by molar-refractivity contribution is 0.489. The number of nitrogens with zero attached hydrogens (tertiary/aromatic N) is 7. The molecule has 0 atom stereocenters. The zero-order valence-electron chi connectivity index (χ0n) is 12.8. The molecule has 0 unspecified atom stereocenters. The zero-order chi connectivity index (χ0) is 15.4. The SMILES string of the molecule is CN(c1nccs1)C1CN(c2ccc3nnc(C4CC4)n3n2)C1. The van der Waals surface area contributed by atoms with Crippen molar-refractivity contribution in [1.82, 2.24) is 24.8 Å². The molecule has 0 spiro atoms. The number of thiazole rings is 1. The molecule has 0 N–H and O–H groups in total. The molecular weight excluding hydrogens is 310 g/mol. The van der Waals surface area contributed by atoms with Crippen LogP contribution in [-0.4, -0.2) is 51.0 Å². The molecule has 0 amide bonds. The van der Waals surface area contributed by atoms with Gasteiger partial charge in [-0.15, -0.1) is 26.6 Å². The largest absolute Gasteiger partial charge is 0.351 e. The molecule has 118 valence electrons. The molecule has 3 aromatic heterocycles. The highest BCUT2D eigenvalue weighted by Gasteiger charge is 2.33. The highest BCUT2D eigenvalue weighted by Crippen LogP contribution is 2.39. The second-order valence-electron chi connectivity index (χ2n) is 6.28. The predicted molar refractivity (Wildman–Crippen MR) is 89.3 cm³/mol. The van der Waals surface area contributed by atoms with E-state index in [4.69, 9.17) is 5.10 Å². The average Bonchev–Trinajstić information content (AvgIpc) is 3.06. The molecule has 0 bridgehead atoms. The molecule has 1 aliphatic carbocycles. The van der Waals surface area contributed by atoms with Crippen molar-refractivity contribution in [1.29, 1.82) is 0 Å². The third kappa shape index (κ3) is 2.16. The Bertz CT molecular complexity index is 833. The first kappa shape index (κ1) is 13.2. The first-order chi connectivity index (χ1) is 11.3. The van der Waals surface area contributed by atoms with Crippen molar-refractivity contribution >= 4 is 27.9 Å². The average molecular weight is 327 g/mol. The summed E-state index contributed by atoms with van der Waals surface area (Å²) in [6, 6.07) is 4.54. The summed E-state index contributed by atoms with van der Waals surface area (Å²) in [5.74, 6) is 2.56. The quantitative estimate of drug-likeness (QED) is 0.728. The zero-order valence-corrected chi connectivity index (χ0v) is 13.6. The summed E-state index contributed by atoms with van der Waals surface area (Å²) in [6.07, 6.45) is 4.27. The van der Waals surface area contributed by atoms with Crippen molar-refractivity contribution < 1.29 is 0 Å². The summed E-state index contributed by atoms with van der Waals surface area (Å²) < 4.78 is 1.92. The lowest BCUT2D eigenvalue weighted by atomic mass is 10.1. The van der Waals surface area contributed by atoms with Crippen molar-refractivity contribution in [2.75, 3.05) is 29.9 Å². The Morgan fingerprint density at radius 2 is 2.09 bits per heavy atom. The van der Waals surface area contributed by atoms with E-state index in [0.29, 0.717) is 12.0 Å². The van der Waals surface area contributed by atoms with Crippen LogP contribution in [0.5, 0.6) is 0 Å². The molecule has 4 heterocycles. The number of fused-ring (bicyclic) bond motifs is 1. The fraction of sp³-hybridized carbons (Fsp3) is 0.467. The van der Waals surface area contributed by atoms with Crippen LogP contribution in [0.25, 0.3) is 5.65 Å². The van der Waals surface area contributed by atoms with Gasteiger partial charge >= 0.3 is 0 Å². The van der Waals surface area contributed by atoms with Crippen LogP contribution in [0.2, 0.25) is 0 Å². The first-order valence-electron chi connectivity index (χ1n) is 7.89. The molecular formula is C15H17N7S. The molecule has 3 aromatic rings. The number of aromatic nitrogens is 5. The molecule has 1 saturated carbocycles. The summed E-state index contributed by atoms with van der Waals surface area (Å²) in [5, 5.41) is 16.4. The summed E-state index contributed by atoms with van der Waals surface area (Å²) in [7, 11) is 2.11. The van der Waals surface area contributed by atoms with Gasteiger partial charge in [0.2, 0.25) is 0 Å². The maximum atomic E-state index is 4.76. The van der Waals surface area contributed by atoms with Gasteiger partial charge in [0.25, 0.3) is 0 Å². The van der Waals surface area contributed by atoms with Crippen molar-refractivity contribution in [3.8, 4) is 0 Å². The molecule has 1 saturated heterocycles. The van der Waals surface area contributed by atoms with Gasteiger partial charge in [0, 0.05) is 37.6 Å². The van der Waals surface area contributed by atoms with Crippen LogP contribution >= 0.6 is 11.3 Å². The highest BCUT2D eigenvalue weighted by atomic mass is 32.1. The summed E-state index contributed by atoms with van der Waals surface area (Å²) >= 11 is 1.68. The maximum Gasteiger partial charge on any atom is 0.185 e. The van der Waals surface area contributed by atoms with E-state index in [0.717, 1.165) is 35.5 Å². The van der Waals surface area contributed by atoms with Gasteiger partial charge in [-0.05, 0) is 25.0 Å². The van der Waals surface area contributed by atoms with Crippen molar-refractivity contribution in [3.63, 3.8) is 0 Å². The van der Waals surface area contributed by atoms with Crippen LogP contribution in [0.4, 0.5) is 10.9 Å². The number of anilines is 2. The van der Waals surface area contributed by atoms with E-state index in [1.54, 1.807) is 11.3 Å². The van der Waals surface area contributed by atoms with Crippen LogP contribution in [0, 0.1) is 0 Å². The topological polar surface area (TPSA) is 62.5 Å². The molecule has 2 aliphatic rings. The fourth-order valence-corrected chi connectivity index (χ4v) is 3.67. The summed E-state index contributed by atoms with van der Waals surface area (Å²) in [4.78, 5) is 8.93. The molecule has 5 rings (SSSR count). The van der Waals surface area contributed by atoms with Crippen LogP contribution in [0.3, 0.4) is 0 Å². The van der Waals surface area contributed by atoms with Crippen LogP contribution < -0.4 is 9.80 Å².